The number of ether oxygens (including phenoxy) is 1. The number of carbonyl (C=O) groups excluding carboxylic acids is 1. The van der Waals surface area contributed by atoms with Crippen LogP contribution in [-0.2, 0) is 17.4 Å². The van der Waals surface area contributed by atoms with Gasteiger partial charge in [-0.05, 0) is 43.4 Å². The average Bonchev–Trinajstić information content (AvgIpc) is 2.69. The highest BCUT2D eigenvalue weighted by molar-refractivity contribution is 5.78. The van der Waals surface area contributed by atoms with Crippen molar-refractivity contribution in [2.45, 2.75) is 50.4 Å². The first-order valence-corrected chi connectivity index (χ1v) is 9.32. The van der Waals surface area contributed by atoms with Crippen molar-refractivity contribution < 1.29 is 22.7 Å². The number of halogens is 3. The number of rotatable bonds is 5. The summed E-state index contributed by atoms with van der Waals surface area (Å²) in [5.74, 6) is 0.170. The van der Waals surface area contributed by atoms with Crippen LogP contribution in [0.2, 0.25) is 0 Å². The van der Waals surface area contributed by atoms with E-state index in [1.54, 1.807) is 12.1 Å². The van der Waals surface area contributed by atoms with Gasteiger partial charge >= 0.3 is 6.18 Å². The molecule has 0 saturated heterocycles. The van der Waals surface area contributed by atoms with Gasteiger partial charge in [-0.1, -0.05) is 18.2 Å². The summed E-state index contributed by atoms with van der Waals surface area (Å²) in [7, 11) is 0. The fourth-order valence-corrected chi connectivity index (χ4v) is 3.33. The molecule has 0 spiro atoms. The summed E-state index contributed by atoms with van der Waals surface area (Å²) in [5.41, 5.74) is 0.0441. The Balaban J connectivity index is 1.45. The molecule has 1 aromatic heterocycles. The van der Waals surface area contributed by atoms with E-state index in [0.717, 1.165) is 37.8 Å². The molecule has 0 aliphatic heterocycles. The minimum absolute atomic E-state index is 0.0212. The van der Waals surface area contributed by atoms with Gasteiger partial charge in [0, 0.05) is 18.3 Å². The standard InChI is InChI=1S/C21H20F3N3O2/c22-21(23,24)16-3-1-2-14(10-16)11-19(28)27-17-5-7-18(8-6-17)29-20-9-4-15(12-25)13-26-20/h1-4,9-10,13,17-18H,5-8,11H2,(H,27,28). The molecule has 1 aliphatic rings. The Labute approximate surface area is 166 Å². The Morgan fingerprint density at radius 2 is 1.97 bits per heavy atom. The van der Waals surface area contributed by atoms with E-state index in [2.05, 4.69) is 10.3 Å². The Morgan fingerprint density at radius 1 is 1.21 bits per heavy atom. The molecule has 1 aromatic carbocycles. The van der Waals surface area contributed by atoms with Gasteiger partial charge in [0.25, 0.3) is 0 Å². The molecule has 5 nitrogen and oxygen atoms in total. The van der Waals surface area contributed by atoms with Gasteiger partial charge in [0.1, 0.15) is 12.2 Å². The maximum atomic E-state index is 12.8. The molecule has 0 atom stereocenters. The predicted octanol–water partition coefficient (Wildman–Crippen LogP) is 4.02. The summed E-state index contributed by atoms with van der Waals surface area (Å²) >= 11 is 0. The third-order valence-corrected chi connectivity index (χ3v) is 4.81. The van der Waals surface area contributed by atoms with Crippen LogP contribution < -0.4 is 10.1 Å². The number of hydrogen-bond donors (Lipinski definition) is 1. The van der Waals surface area contributed by atoms with Gasteiger partial charge in [0.05, 0.1) is 17.5 Å². The number of pyridine rings is 1. The Bertz CT molecular complexity index is 883. The summed E-state index contributed by atoms with van der Waals surface area (Å²) in [6.07, 6.45) is -0.178. The first-order chi connectivity index (χ1) is 13.8. The van der Waals surface area contributed by atoms with E-state index in [4.69, 9.17) is 10.00 Å². The van der Waals surface area contributed by atoms with E-state index >= 15 is 0 Å². The second-order valence-corrected chi connectivity index (χ2v) is 7.03. The lowest BCUT2D eigenvalue weighted by molar-refractivity contribution is -0.137. The number of nitrogens with one attached hydrogen (secondary N) is 1. The van der Waals surface area contributed by atoms with Gasteiger partial charge in [-0.25, -0.2) is 4.98 Å². The molecule has 0 radical (unpaired) electrons. The van der Waals surface area contributed by atoms with Crippen LogP contribution in [0.3, 0.4) is 0 Å². The maximum absolute atomic E-state index is 12.8. The Hall–Kier alpha value is -3.08. The number of amides is 1. The zero-order valence-electron chi connectivity index (χ0n) is 15.6. The number of hydrogen-bond acceptors (Lipinski definition) is 4. The van der Waals surface area contributed by atoms with Crippen LogP contribution in [0.4, 0.5) is 13.2 Å². The van der Waals surface area contributed by atoms with E-state index in [0.29, 0.717) is 17.0 Å². The van der Waals surface area contributed by atoms with Crippen molar-refractivity contribution in [2.75, 3.05) is 0 Å². The quantitative estimate of drug-likeness (QED) is 0.818. The third kappa shape index (κ3) is 5.95. The fourth-order valence-electron chi connectivity index (χ4n) is 3.33. The minimum atomic E-state index is -4.42. The average molecular weight is 403 g/mol. The van der Waals surface area contributed by atoms with Crippen molar-refractivity contribution in [2.24, 2.45) is 0 Å². The third-order valence-electron chi connectivity index (χ3n) is 4.81. The van der Waals surface area contributed by atoms with Crippen molar-refractivity contribution in [3.8, 4) is 11.9 Å². The van der Waals surface area contributed by atoms with Gasteiger partial charge in [-0.2, -0.15) is 18.4 Å². The summed E-state index contributed by atoms with van der Waals surface area (Å²) in [4.78, 5) is 16.3. The summed E-state index contributed by atoms with van der Waals surface area (Å²) < 4.78 is 44.1. The Morgan fingerprint density at radius 3 is 2.59 bits per heavy atom. The van der Waals surface area contributed by atoms with Gasteiger partial charge in [-0.15, -0.1) is 0 Å². The molecule has 1 amide bonds. The molecule has 1 saturated carbocycles. The van der Waals surface area contributed by atoms with Crippen molar-refractivity contribution >= 4 is 5.91 Å². The molecule has 1 N–H and O–H groups in total. The maximum Gasteiger partial charge on any atom is 0.416 e. The van der Waals surface area contributed by atoms with E-state index in [1.807, 2.05) is 6.07 Å². The zero-order valence-corrected chi connectivity index (χ0v) is 15.6. The minimum Gasteiger partial charge on any atom is -0.474 e. The predicted molar refractivity (Wildman–Crippen MR) is 98.9 cm³/mol. The number of aromatic nitrogens is 1. The van der Waals surface area contributed by atoms with Crippen LogP contribution in [-0.4, -0.2) is 23.0 Å². The highest BCUT2D eigenvalue weighted by atomic mass is 19.4. The summed E-state index contributed by atoms with van der Waals surface area (Å²) in [6.45, 7) is 0. The smallest absolute Gasteiger partial charge is 0.416 e. The SMILES string of the molecule is N#Cc1ccc(OC2CCC(NC(=O)Cc3cccc(C(F)(F)F)c3)CC2)nc1. The number of carbonyl (C=O) groups is 1. The highest BCUT2D eigenvalue weighted by Crippen LogP contribution is 2.29. The molecule has 1 heterocycles. The normalized spacial score (nSPS) is 19.2. The molecule has 0 unspecified atom stereocenters. The lowest BCUT2D eigenvalue weighted by atomic mass is 9.92. The molecule has 8 heteroatoms. The van der Waals surface area contributed by atoms with E-state index < -0.39 is 11.7 Å². The fraction of sp³-hybridized carbons (Fsp3) is 0.381. The first kappa shape index (κ1) is 20.6. The zero-order chi connectivity index (χ0) is 20.9. The molecule has 1 fully saturated rings. The molecular formula is C21H20F3N3O2. The van der Waals surface area contributed by atoms with E-state index in [9.17, 15) is 18.0 Å². The van der Waals surface area contributed by atoms with Gasteiger partial charge < -0.3 is 10.1 Å². The van der Waals surface area contributed by atoms with Crippen LogP contribution in [0.25, 0.3) is 0 Å². The molecular weight excluding hydrogens is 383 g/mol. The van der Waals surface area contributed by atoms with Gasteiger partial charge in [0.15, 0.2) is 0 Å². The van der Waals surface area contributed by atoms with Crippen LogP contribution in [0.15, 0.2) is 42.6 Å². The van der Waals surface area contributed by atoms with Crippen LogP contribution in [0, 0.1) is 11.3 Å². The second-order valence-electron chi connectivity index (χ2n) is 7.03. The van der Waals surface area contributed by atoms with Crippen molar-refractivity contribution in [3.05, 3.63) is 59.3 Å². The first-order valence-electron chi connectivity index (χ1n) is 9.32. The van der Waals surface area contributed by atoms with Crippen LogP contribution in [0.1, 0.15) is 42.4 Å². The molecule has 29 heavy (non-hydrogen) atoms. The molecule has 1 aliphatic carbocycles. The highest BCUT2D eigenvalue weighted by Gasteiger charge is 2.30. The van der Waals surface area contributed by atoms with Gasteiger partial charge in [-0.3, -0.25) is 4.79 Å². The van der Waals surface area contributed by atoms with Crippen LogP contribution >= 0.6 is 0 Å². The monoisotopic (exact) mass is 403 g/mol. The van der Waals surface area contributed by atoms with Crippen molar-refractivity contribution in [1.82, 2.24) is 10.3 Å². The molecule has 0 bridgehead atoms. The number of nitriles is 1. The van der Waals surface area contributed by atoms with Crippen molar-refractivity contribution in [1.29, 1.82) is 5.26 Å². The number of alkyl halides is 3. The van der Waals surface area contributed by atoms with Gasteiger partial charge in [0.2, 0.25) is 11.8 Å². The van der Waals surface area contributed by atoms with Crippen LogP contribution in [0.5, 0.6) is 5.88 Å². The lowest BCUT2D eigenvalue weighted by Crippen LogP contribution is -2.40. The molecule has 2 aromatic rings. The van der Waals surface area contributed by atoms with E-state index in [1.165, 1.54) is 18.3 Å². The molecule has 3 rings (SSSR count). The number of benzene rings is 1. The molecule has 152 valence electrons. The van der Waals surface area contributed by atoms with Crippen molar-refractivity contribution in [3.63, 3.8) is 0 Å². The second kappa shape index (κ2) is 8.95. The lowest BCUT2D eigenvalue weighted by Gasteiger charge is -2.29. The topological polar surface area (TPSA) is 75.0 Å². The van der Waals surface area contributed by atoms with E-state index in [-0.39, 0.29) is 24.5 Å². The number of nitrogens with zero attached hydrogens (tertiary/aromatic N) is 2. The Kier molecular flexibility index (Phi) is 6.37. The summed E-state index contributed by atoms with van der Waals surface area (Å²) in [6, 6.07) is 10.1. The summed E-state index contributed by atoms with van der Waals surface area (Å²) in [5, 5.41) is 11.7. The largest absolute Gasteiger partial charge is 0.474 e.